The van der Waals surface area contributed by atoms with Crippen molar-refractivity contribution < 1.29 is 48.4 Å². The van der Waals surface area contributed by atoms with E-state index in [-0.39, 0.29) is 97.2 Å². The largest absolute Gasteiger partial charge is 0.507 e. The Morgan fingerprint density at radius 3 is 0.823 bits per heavy atom. The summed E-state index contributed by atoms with van der Waals surface area (Å²) in [4.78, 5) is 38.7. The molecule has 0 spiro atoms. The van der Waals surface area contributed by atoms with Crippen molar-refractivity contribution in [2.24, 2.45) is 0 Å². The van der Waals surface area contributed by atoms with Crippen LogP contribution in [0.3, 0.4) is 0 Å². The molecule has 0 aliphatic heterocycles. The fourth-order valence-corrected chi connectivity index (χ4v) is 8.99. The number of ether oxygens (including phenoxy) is 2. The van der Waals surface area contributed by atoms with Crippen LogP contribution in [0.25, 0.3) is 0 Å². The lowest BCUT2D eigenvalue weighted by Crippen LogP contribution is -2.17. The van der Waals surface area contributed by atoms with Crippen LogP contribution >= 0.6 is 15.2 Å². The molecular weight excluding hydrogens is 822 g/mol. The molecule has 0 saturated carbocycles. The van der Waals surface area contributed by atoms with E-state index in [0.717, 1.165) is 44.5 Å². The lowest BCUT2D eigenvalue weighted by molar-refractivity contribution is 0.303. The highest BCUT2D eigenvalue weighted by molar-refractivity contribution is 7.52. The molecule has 0 amide bonds. The smallest absolute Gasteiger partial charge is 0.325 e. The second kappa shape index (κ2) is 18.1. The van der Waals surface area contributed by atoms with Crippen molar-refractivity contribution >= 4 is 15.2 Å². The van der Waals surface area contributed by atoms with Gasteiger partial charge in [0, 0.05) is 25.7 Å². The maximum absolute atomic E-state index is 12.4. The number of fused-ring (bicyclic) bond motifs is 8. The average Bonchev–Trinajstić information content (AvgIpc) is 3.10. The van der Waals surface area contributed by atoms with Gasteiger partial charge in [-0.15, -0.1) is 0 Å². The molecule has 0 heterocycles. The summed E-state index contributed by atoms with van der Waals surface area (Å²) in [5, 5.41) is 24.8. The van der Waals surface area contributed by atoms with Crippen molar-refractivity contribution in [2.75, 3.05) is 25.5 Å². The molecule has 0 radical (unpaired) electrons. The van der Waals surface area contributed by atoms with Gasteiger partial charge >= 0.3 is 15.2 Å². The van der Waals surface area contributed by atoms with Crippen molar-refractivity contribution in [2.45, 2.75) is 143 Å². The molecule has 10 nitrogen and oxygen atoms in total. The zero-order valence-electron chi connectivity index (χ0n) is 38.9. The highest BCUT2D eigenvalue weighted by Gasteiger charge is 2.29. The molecule has 0 saturated heterocycles. The molecule has 6 N–H and O–H groups in total. The zero-order valence-corrected chi connectivity index (χ0v) is 40.7. The van der Waals surface area contributed by atoms with E-state index in [2.05, 4.69) is 107 Å². The van der Waals surface area contributed by atoms with Gasteiger partial charge in [0.15, 0.2) is 0 Å². The quantitative estimate of drug-likeness (QED) is 0.0585. The molecule has 0 unspecified atom stereocenters. The van der Waals surface area contributed by atoms with E-state index in [1.54, 1.807) is 0 Å². The Bertz CT molecular complexity index is 2110. The fourth-order valence-electron chi connectivity index (χ4n) is 7.91. The Morgan fingerprint density at radius 1 is 0.419 bits per heavy atom. The molecule has 1 aliphatic carbocycles. The number of aromatic hydroxyl groups is 2. The lowest BCUT2D eigenvalue weighted by Gasteiger charge is -2.28. The predicted molar refractivity (Wildman–Crippen MR) is 249 cm³/mol. The first-order chi connectivity index (χ1) is 28.3. The maximum atomic E-state index is 12.4. The van der Waals surface area contributed by atoms with Crippen molar-refractivity contribution in [3.8, 4) is 23.0 Å². The van der Waals surface area contributed by atoms with Crippen LogP contribution in [0.15, 0.2) is 48.5 Å². The number of hydrogen-bond acceptors (Lipinski definition) is 6. The van der Waals surface area contributed by atoms with Gasteiger partial charge < -0.3 is 39.3 Å². The number of hydrogen-bond donors (Lipinski definition) is 6. The van der Waals surface area contributed by atoms with Crippen LogP contribution < -0.4 is 9.47 Å². The van der Waals surface area contributed by atoms with E-state index >= 15 is 0 Å². The monoisotopic (exact) mass is 892 g/mol. The van der Waals surface area contributed by atoms with Crippen LogP contribution in [-0.2, 0) is 56.5 Å². The van der Waals surface area contributed by atoms with Crippen molar-refractivity contribution in [3.05, 3.63) is 115 Å². The van der Waals surface area contributed by atoms with Gasteiger partial charge in [-0.25, -0.2) is 0 Å². The summed E-state index contributed by atoms with van der Waals surface area (Å²) in [7, 11) is -8.52. The Morgan fingerprint density at radius 2 is 0.629 bits per heavy atom. The molecule has 1 aliphatic rings. The summed E-state index contributed by atoms with van der Waals surface area (Å²) in [6.45, 7) is 25.7. The van der Waals surface area contributed by atoms with Gasteiger partial charge in [-0.05, 0) is 101 Å². The van der Waals surface area contributed by atoms with Crippen LogP contribution in [0.1, 0.15) is 163 Å². The molecule has 0 aromatic heterocycles. The molecule has 62 heavy (non-hydrogen) atoms. The van der Waals surface area contributed by atoms with E-state index < -0.39 is 15.2 Å². The first kappa shape index (κ1) is 49.4. The standard InChI is InChI=1S/C50H70O10P2/c1-47(2,3)39-23-31-19-35-27-41(49(7,8)9)29-37(45(35)59-15-13-17-61(53,54)55)21-33-25-40(48(4,5)6)26-34(44(33)52)22-38-30-42(50(10,11)12)28-36(20-32(24-39)43(31)51)46(38)60-16-14-18-62(56,57)58/h23-30,51-52H,13-22H2,1-12H3,(H2,53,54,55)(H2,56,57,58). The number of phenolic OH excluding ortho intramolecular Hbond substituents is 2. The molecule has 340 valence electrons. The van der Waals surface area contributed by atoms with Gasteiger partial charge in [0.05, 0.1) is 25.5 Å². The third-order valence-corrected chi connectivity index (χ3v) is 13.5. The second-order valence-corrected chi connectivity index (χ2v) is 25.0. The van der Waals surface area contributed by atoms with Crippen LogP contribution in [0.4, 0.5) is 0 Å². The van der Waals surface area contributed by atoms with Gasteiger partial charge in [-0.1, -0.05) is 132 Å². The van der Waals surface area contributed by atoms with Crippen LogP contribution in [0.5, 0.6) is 23.0 Å². The molecule has 8 bridgehead atoms. The Balaban J connectivity index is 1.89. The highest BCUT2D eigenvalue weighted by atomic mass is 31.2. The lowest BCUT2D eigenvalue weighted by atomic mass is 9.79. The van der Waals surface area contributed by atoms with Gasteiger partial charge in [0.1, 0.15) is 23.0 Å². The number of benzene rings is 4. The normalized spacial score (nSPS) is 14.2. The Kier molecular flexibility index (Phi) is 14.4. The molecule has 0 atom stereocenters. The average molecular weight is 893 g/mol. The maximum Gasteiger partial charge on any atom is 0.325 e. The third-order valence-electron chi connectivity index (χ3n) is 11.7. The van der Waals surface area contributed by atoms with Crippen LogP contribution in [0.2, 0.25) is 0 Å². The van der Waals surface area contributed by atoms with Gasteiger partial charge in [0.25, 0.3) is 0 Å². The summed E-state index contributed by atoms with van der Waals surface area (Å²) < 4.78 is 36.9. The van der Waals surface area contributed by atoms with E-state index in [1.165, 1.54) is 0 Å². The highest BCUT2D eigenvalue weighted by Crippen LogP contribution is 2.44. The van der Waals surface area contributed by atoms with E-state index in [0.29, 0.717) is 33.8 Å². The number of phenols is 2. The Hall–Kier alpha value is -3.62. The zero-order chi connectivity index (χ0) is 46.4. The second-order valence-electron chi connectivity index (χ2n) is 21.4. The summed E-state index contributed by atoms with van der Waals surface area (Å²) >= 11 is 0. The Labute approximate surface area is 369 Å². The third kappa shape index (κ3) is 12.8. The summed E-state index contributed by atoms with van der Waals surface area (Å²) in [6, 6.07) is 16.6. The molecular formula is C50H70O10P2. The predicted octanol–water partition coefficient (Wildman–Crippen LogP) is 10.9. The minimum absolute atomic E-state index is 0.0557. The summed E-state index contributed by atoms with van der Waals surface area (Å²) in [5.41, 5.74) is 8.90. The minimum Gasteiger partial charge on any atom is -0.507 e. The molecule has 5 rings (SSSR count). The first-order valence-corrected chi connectivity index (χ1v) is 25.3. The number of rotatable bonds is 10. The van der Waals surface area contributed by atoms with Crippen molar-refractivity contribution in [1.29, 1.82) is 0 Å². The van der Waals surface area contributed by atoms with E-state index in [9.17, 15) is 38.9 Å². The molecule has 4 aromatic rings. The molecule has 4 aromatic carbocycles. The van der Waals surface area contributed by atoms with Gasteiger partial charge in [-0.2, -0.15) is 0 Å². The van der Waals surface area contributed by atoms with E-state index in [1.807, 2.05) is 24.3 Å². The first-order valence-electron chi connectivity index (χ1n) is 21.7. The van der Waals surface area contributed by atoms with Crippen molar-refractivity contribution in [3.63, 3.8) is 0 Å². The summed E-state index contributed by atoms with van der Waals surface area (Å²) in [5.74, 6) is 1.39. The minimum atomic E-state index is -4.26. The van der Waals surface area contributed by atoms with Gasteiger partial charge in [0.2, 0.25) is 0 Å². The van der Waals surface area contributed by atoms with Crippen LogP contribution in [0, 0.1) is 0 Å². The molecule has 0 fully saturated rings. The van der Waals surface area contributed by atoms with E-state index in [4.69, 9.17) is 9.47 Å². The van der Waals surface area contributed by atoms with Gasteiger partial charge in [-0.3, -0.25) is 9.13 Å². The van der Waals surface area contributed by atoms with Crippen molar-refractivity contribution in [1.82, 2.24) is 0 Å². The SMILES string of the molecule is CC(C)(C)c1cc2c(O)c(c1)Cc1cc(C(C)(C)C)cc(c1OCCCP(=O)(O)O)Cc1cc(C(C)(C)C)cc(c1O)Cc1cc(C(C)(C)C)cc(c1OCCCP(=O)(O)O)C2. The summed E-state index contributed by atoms with van der Waals surface area (Å²) in [6.07, 6.45) is 0.757. The fraction of sp³-hybridized carbons (Fsp3) is 0.520. The van der Waals surface area contributed by atoms with Crippen LogP contribution in [-0.4, -0.2) is 55.3 Å². The topological polar surface area (TPSA) is 174 Å². The molecule has 12 heteroatoms.